The maximum absolute atomic E-state index is 14.9. The van der Waals surface area contributed by atoms with E-state index in [0.29, 0.717) is 29.2 Å². The van der Waals surface area contributed by atoms with Gasteiger partial charge in [0.15, 0.2) is 17.2 Å². The monoisotopic (exact) mass is 610 g/mol. The van der Waals surface area contributed by atoms with E-state index in [-0.39, 0.29) is 28.1 Å². The predicted molar refractivity (Wildman–Crippen MR) is 154 cm³/mol. The van der Waals surface area contributed by atoms with Gasteiger partial charge in [0, 0.05) is 11.8 Å². The lowest BCUT2D eigenvalue weighted by Crippen LogP contribution is -2.30. The third-order valence-electron chi connectivity index (χ3n) is 6.20. The Morgan fingerprint density at radius 1 is 1.09 bits per heavy atom. The molecule has 4 aromatic rings. The lowest BCUT2D eigenvalue weighted by molar-refractivity contribution is -0.274. The number of nitrogens with zero attached hydrogens (tertiary/aromatic N) is 6. The van der Waals surface area contributed by atoms with Crippen molar-refractivity contribution in [3.63, 3.8) is 0 Å². The first-order chi connectivity index (χ1) is 20.6. The predicted octanol–water partition coefficient (Wildman–Crippen LogP) is 6.73. The van der Waals surface area contributed by atoms with E-state index in [1.54, 1.807) is 24.3 Å². The van der Waals surface area contributed by atoms with Gasteiger partial charge >= 0.3 is 12.4 Å². The van der Waals surface area contributed by atoms with E-state index in [4.69, 9.17) is 0 Å². The Kier molecular flexibility index (Phi) is 8.66. The number of ether oxygens (including phenoxy) is 1. The minimum absolute atomic E-state index is 0.127. The molecule has 9 nitrogen and oxygen atoms in total. The van der Waals surface area contributed by atoms with E-state index in [1.165, 1.54) is 40.2 Å². The molecule has 1 saturated heterocycles. The van der Waals surface area contributed by atoms with Crippen molar-refractivity contribution in [1.82, 2.24) is 14.8 Å². The third kappa shape index (κ3) is 7.15. The van der Waals surface area contributed by atoms with Gasteiger partial charge < -0.3 is 4.74 Å². The number of anilines is 1. The highest BCUT2D eigenvalue weighted by molar-refractivity contribution is 8.15. The minimum atomic E-state index is -4.79. The third-order valence-corrected chi connectivity index (χ3v) is 7.12. The number of carbonyl (C=O) groups excluding carboxylic acids is 2. The average Bonchev–Trinajstić information content (AvgIpc) is 3.62. The van der Waals surface area contributed by atoms with Gasteiger partial charge in [0.25, 0.3) is 0 Å². The summed E-state index contributed by atoms with van der Waals surface area (Å²) >= 11 is 1.11. The first-order valence-electron chi connectivity index (χ1n) is 12.8. The molecule has 0 aliphatic carbocycles. The molecular formula is C29H22F4N6O3S. The molecule has 0 saturated carbocycles. The Hall–Kier alpha value is -4.85. The number of halogens is 4. The Labute approximate surface area is 246 Å². The van der Waals surface area contributed by atoms with Crippen molar-refractivity contribution < 1.29 is 31.9 Å². The van der Waals surface area contributed by atoms with Gasteiger partial charge in [0.2, 0.25) is 5.91 Å². The maximum atomic E-state index is 14.9. The van der Waals surface area contributed by atoms with Crippen molar-refractivity contribution in [2.24, 2.45) is 9.98 Å². The summed E-state index contributed by atoms with van der Waals surface area (Å²) in [6.45, 7) is 1.96. The van der Waals surface area contributed by atoms with Crippen LogP contribution in [0.3, 0.4) is 0 Å². The van der Waals surface area contributed by atoms with E-state index in [1.807, 2.05) is 19.1 Å². The number of hydrogen-bond donors (Lipinski definition) is 0. The number of hydrogen-bond acceptors (Lipinski definition) is 6. The van der Waals surface area contributed by atoms with E-state index in [0.717, 1.165) is 35.7 Å². The summed E-state index contributed by atoms with van der Waals surface area (Å²) in [6.07, 6.45) is -3.59. The van der Waals surface area contributed by atoms with E-state index >= 15 is 0 Å². The zero-order valence-corrected chi connectivity index (χ0v) is 23.2. The maximum Gasteiger partial charge on any atom is 0.573 e. The molecule has 220 valence electrons. The number of benzene rings is 3. The van der Waals surface area contributed by atoms with Crippen LogP contribution in [0.25, 0.3) is 17.1 Å². The fraction of sp³-hybridized carbons (Fsp3) is 0.172. The summed E-state index contributed by atoms with van der Waals surface area (Å²) in [5, 5.41) is 4.50. The zero-order valence-electron chi connectivity index (χ0n) is 22.4. The van der Waals surface area contributed by atoms with Crippen LogP contribution < -0.4 is 9.64 Å². The molecule has 2 heterocycles. The molecule has 1 aliphatic heterocycles. The molecule has 1 aliphatic rings. The second kappa shape index (κ2) is 12.6. The molecule has 0 N–H and O–H groups in total. The number of amides is 3. The van der Waals surface area contributed by atoms with Gasteiger partial charge in [-0.3, -0.25) is 9.69 Å². The molecule has 0 radical (unpaired) electrons. The van der Waals surface area contributed by atoms with Crippen LogP contribution in [0, 0.1) is 0 Å². The first-order valence-corrected chi connectivity index (χ1v) is 13.8. The van der Waals surface area contributed by atoms with Gasteiger partial charge in [-0.15, -0.1) is 18.3 Å². The van der Waals surface area contributed by atoms with E-state index in [9.17, 15) is 27.2 Å². The van der Waals surface area contributed by atoms with Crippen LogP contribution in [0.15, 0.2) is 89.1 Å². The second-order valence-corrected chi connectivity index (χ2v) is 9.98. The van der Waals surface area contributed by atoms with Crippen LogP contribution in [0.4, 0.5) is 28.0 Å². The normalized spacial score (nSPS) is 15.4. The molecule has 0 bridgehead atoms. The number of aromatic nitrogens is 3. The second-order valence-electron chi connectivity index (χ2n) is 9.03. The Bertz CT molecular complexity index is 1690. The summed E-state index contributed by atoms with van der Waals surface area (Å²) in [5.41, 5.74) is 2.80. The Morgan fingerprint density at radius 2 is 1.81 bits per heavy atom. The van der Waals surface area contributed by atoms with Crippen molar-refractivity contribution in [2.45, 2.75) is 25.9 Å². The van der Waals surface area contributed by atoms with Crippen molar-refractivity contribution in [1.29, 1.82) is 0 Å². The summed E-state index contributed by atoms with van der Waals surface area (Å²) in [5.74, 6) is -0.145. The molecular weight excluding hydrogens is 588 g/mol. The molecule has 5 rings (SSSR count). The van der Waals surface area contributed by atoms with Crippen LogP contribution in [0.2, 0.25) is 0 Å². The number of rotatable bonds is 7. The summed E-state index contributed by atoms with van der Waals surface area (Å²) < 4.78 is 57.2. The molecule has 1 atom stereocenters. The molecule has 1 unspecified atom stereocenters. The Morgan fingerprint density at radius 3 is 2.51 bits per heavy atom. The van der Waals surface area contributed by atoms with Crippen LogP contribution in [-0.4, -0.2) is 50.2 Å². The quantitative estimate of drug-likeness (QED) is 0.170. The van der Waals surface area contributed by atoms with Crippen molar-refractivity contribution in [2.75, 3.05) is 10.7 Å². The molecule has 3 aromatic carbocycles. The van der Waals surface area contributed by atoms with Gasteiger partial charge in [0.1, 0.15) is 12.1 Å². The van der Waals surface area contributed by atoms with Gasteiger partial charge in [-0.25, -0.2) is 23.8 Å². The summed E-state index contributed by atoms with van der Waals surface area (Å²) in [6, 6.07) is 17.6. The number of thioether (sulfide) groups is 1. The number of aryl methyl sites for hydroxylation is 1. The lowest BCUT2D eigenvalue weighted by Gasteiger charge is -2.18. The molecule has 3 amide bonds. The highest BCUT2D eigenvalue weighted by Gasteiger charge is 2.32. The van der Waals surface area contributed by atoms with Crippen molar-refractivity contribution >= 4 is 40.8 Å². The fourth-order valence-corrected chi connectivity index (χ4v) is 5.03. The number of urea groups is 1. The number of para-hydroxylation sites is 1. The van der Waals surface area contributed by atoms with Gasteiger partial charge in [-0.05, 0) is 47.9 Å². The SMILES string of the molecule is CCc1ccccc1N1C(=O)CSC1=NC(=O)N=CC(F)c1ccc(-c2ncn(-c3ccc(OC(F)(F)F)cc3)n2)cc1. The summed E-state index contributed by atoms with van der Waals surface area (Å²) in [4.78, 5) is 38.1. The standard InChI is InChI=1S/C29H22F4N6O3S/c1-2-18-5-3-4-6-24(18)39-25(40)16-43-28(39)36-27(41)34-15-23(30)19-7-9-20(10-8-19)26-35-17-38(37-26)21-11-13-22(14-12-21)42-29(31,32)33/h3-15,17,23H,2,16H2,1H3. The molecule has 1 fully saturated rings. The number of carbonyl (C=O) groups is 2. The average molecular weight is 611 g/mol. The van der Waals surface area contributed by atoms with Crippen LogP contribution in [0.1, 0.15) is 24.2 Å². The topological polar surface area (TPSA) is 102 Å². The molecule has 0 spiro atoms. The highest BCUT2D eigenvalue weighted by Crippen LogP contribution is 2.30. The number of alkyl halides is 4. The van der Waals surface area contributed by atoms with Gasteiger partial charge in [0.05, 0.1) is 17.1 Å². The van der Waals surface area contributed by atoms with Crippen molar-refractivity contribution in [3.8, 4) is 22.8 Å². The number of aliphatic imine (C=N–C) groups is 2. The van der Waals surface area contributed by atoms with Crippen molar-refractivity contribution in [3.05, 3.63) is 90.3 Å². The van der Waals surface area contributed by atoms with Crippen LogP contribution in [-0.2, 0) is 11.2 Å². The summed E-state index contributed by atoms with van der Waals surface area (Å²) in [7, 11) is 0. The molecule has 14 heteroatoms. The van der Waals surface area contributed by atoms with Gasteiger partial charge in [-0.1, -0.05) is 61.2 Å². The smallest absolute Gasteiger partial charge is 0.406 e. The zero-order chi connectivity index (χ0) is 30.6. The molecule has 43 heavy (non-hydrogen) atoms. The fourth-order valence-electron chi connectivity index (χ4n) is 4.17. The van der Waals surface area contributed by atoms with E-state index < -0.39 is 18.6 Å². The van der Waals surface area contributed by atoms with Crippen LogP contribution in [0.5, 0.6) is 5.75 Å². The van der Waals surface area contributed by atoms with Gasteiger partial charge in [-0.2, -0.15) is 4.99 Å². The minimum Gasteiger partial charge on any atom is -0.406 e. The largest absolute Gasteiger partial charge is 0.573 e. The van der Waals surface area contributed by atoms with Crippen LogP contribution >= 0.6 is 11.8 Å². The molecule has 1 aromatic heterocycles. The highest BCUT2D eigenvalue weighted by atomic mass is 32.2. The number of amidine groups is 1. The Balaban J connectivity index is 1.23. The van der Waals surface area contributed by atoms with E-state index in [2.05, 4.69) is 24.8 Å². The lowest BCUT2D eigenvalue weighted by atomic mass is 10.1. The first kappa shape index (κ1) is 29.6.